The van der Waals surface area contributed by atoms with Crippen LogP contribution in [0, 0.1) is 0 Å². The topological polar surface area (TPSA) is 18.5 Å². The minimum absolute atomic E-state index is 0.553. The Balaban J connectivity index is 2.31. The van der Waals surface area contributed by atoms with Crippen LogP contribution in [-0.2, 0) is 15.3 Å². The molecular formula is C10H12O2S. The molecule has 1 aliphatic rings. The van der Waals surface area contributed by atoms with Crippen molar-refractivity contribution in [3.8, 4) is 0 Å². The van der Waals surface area contributed by atoms with Crippen molar-refractivity contribution in [2.75, 3.05) is 19.0 Å². The second-order valence-corrected chi connectivity index (χ2v) is 3.29. The number of ether oxygens (including phenoxy) is 2. The molecule has 1 fully saturated rings. The Kier molecular flexibility index (Phi) is 2.58. The van der Waals surface area contributed by atoms with E-state index in [0.717, 1.165) is 5.56 Å². The lowest BCUT2D eigenvalue weighted by molar-refractivity contribution is -0.145. The molecule has 0 unspecified atom stereocenters. The monoisotopic (exact) mass is 196 g/mol. The lowest BCUT2D eigenvalue weighted by Gasteiger charge is -2.25. The Morgan fingerprint density at radius 3 is 2.31 bits per heavy atom. The third kappa shape index (κ3) is 1.59. The maximum Gasteiger partial charge on any atom is 0.204 e. The first-order valence-corrected chi connectivity index (χ1v) is 4.95. The van der Waals surface area contributed by atoms with Crippen molar-refractivity contribution in [1.82, 2.24) is 0 Å². The smallest absolute Gasteiger partial charge is 0.204 e. The summed E-state index contributed by atoms with van der Waals surface area (Å²) in [5, 5.41) is 0. The lowest BCUT2D eigenvalue weighted by atomic mass is 10.1. The summed E-state index contributed by atoms with van der Waals surface area (Å²) in [6.07, 6.45) is 0. The standard InChI is InChI=1S/C10H12O2S/c13-8-10(11-6-7-12-10)9-4-2-1-3-5-9/h1-5,13H,6-8H2. The van der Waals surface area contributed by atoms with E-state index < -0.39 is 5.79 Å². The van der Waals surface area contributed by atoms with E-state index in [1.807, 2.05) is 30.3 Å². The highest BCUT2D eigenvalue weighted by Gasteiger charge is 2.36. The van der Waals surface area contributed by atoms with Gasteiger partial charge in [-0.3, -0.25) is 0 Å². The minimum Gasteiger partial charge on any atom is -0.343 e. The van der Waals surface area contributed by atoms with Crippen LogP contribution < -0.4 is 0 Å². The van der Waals surface area contributed by atoms with Crippen LogP contribution in [0.4, 0.5) is 0 Å². The van der Waals surface area contributed by atoms with Crippen molar-refractivity contribution in [1.29, 1.82) is 0 Å². The van der Waals surface area contributed by atoms with E-state index in [2.05, 4.69) is 12.6 Å². The number of rotatable bonds is 2. The normalized spacial score (nSPS) is 20.4. The van der Waals surface area contributed by atoms with Crippen LogP contribution in [-0.4, -0.2) is 19.0 Å². The first kappa shape index (κ1) is 9.06. The molecule has 0 amide bonds. The zero-order chi connectivity index (χ0) is 9.15. The van der Waals surface area contributed by atoms with Gasteiger partial charge >= 0.3 is 0 Å². The largest absolute Gasteiger partial charge is 0.343 e. The second kappa shape index (κ2) is 3.70. The maximum atomic E-state index is 5.58. The fraction of sp³-hybridized carbons (Fsp3) is 0.400. The van der Waals surface area contributed by atoms with Gasteiger partial charge in [0.2, 0.25) is 5.79 Å². The van der Waals surface area contributed by atoms with Crippen LogP contribution >= 0.6 is 12.6 Å². The quantitative estimate of drug-likeness (QED) is 0.727. The van der Waals surface area contributed by atoms with Crippen LogP contribution in [0.1, 0.15) is 5.56 Å². The average molecular weight is 196 g/mol. The van der Waals surface area contributed by atoms with Gasteiger partial charge in [0.15, 0.2) is 0 Å². The summed E-state index contributed by atoms with van der Waals surface area (Å²) in [5.74, 6) is -0.0542. The molecule has 1 heterocycles. The first-order valence-electron chi connectivity index (χ1n) is 4.32. The molecule has 1 aromatic rings. The van der Waals surface area contributed by atoms with Crippen molar-refractivity contribution < 1.29 is 9.47 Å². The Bertz CT molecular complexity index is 268. The molecule has 0 saturated carbocycles. The summed E-state index contributed by atoms with van der Waals surface area (Å²) in [5.41, 5.74) is 1.04. The second-order valence-electron chi connectivity index (χ2n) is 2.97. The van der Waals surface area contributed by atoms with Crippen LogP contribution in [0.25, 0.3) is 0 Å². The third-order valence-corrected chi connectivity index (χ3v) is 2.59. The fourth-order valence-corrected chi connectivity index (χ4v) is 1.86. The molecule has 3 heteroatoms. The molecule has 0 aliphatic carbocycles. The van der Waals surface area contributed by atoms with Gasteiger partial charge in [-0.05, 0) is 0 Å². The zero-order valence-electron chi connectivity index (χ0n) is 7.27. The summed E-state index contributed by atoms with van der Waals surface area (Å²) in [6, 6.07) is 9.94. The van der Waals surface area contributed by atoms with Crippen molar-refractivity contribution in [2.24, 2.45) is 0 Å². The molecule has 0 spiro atoms. The van der Waals surface area contributed by atoms with Gasteiger partial charge < -0.3 is 9.47 Å². The number of hydrogen-bond donors (Lipinski definition) is 1. The molecule has 0 bridgehead atoms. The number of thiol groups is 1. The van der Waals surface area contributed by atoms with Crippen LogP contribution in [0.15, 0.2) is 30.3 Å². The number of hydrogen-bond acceptors (Lipinski definition) is 3. The Labute approximate surface area is 83.3 Å². The van der Waals surface area contributed by atoms with Crippen molar-refractivity contribution in [2.45, 2.75) is 5.79 Å². The molecule has 1 aliphatic heterocycles. The van der Waals surface area contributed by atoms with Crippen LogP contribution in [0.3, 0.4) is 0 Å². The van der Waals surface area contributed by atoms with Crippen LogP contribution in [0.2, 0.25) is 0 Å². The van der Waals surface area contributed by atoms with Gasteiger partial charge in [0.1, 0.15) is 0 Å². The van der Waals surface area contributed by atoms with E-state index in [9.17, 15) is 0 Å². The van der Waals surface area contributed by atoms with E-state index in [1.165, 1.54) is 0 Å². The van der Waals surface area contributed by atoms with Gasteiger partial charge in [-0.2, -0.15) is 12.6 Å². The predicted molar refractivity (Wildman–Crippen MR) is 53.9 cm³/mol. The maximum absolute atomic E-state index is 5.58. The first-order chi connectivity index (χ1) is 6.37. The molecule has 0 radical (unpaired) electrons. The van der Waals surface area contributed by atoms with Crippen LogP contribution in [0.5, 0.6) is 0 Å². The van der Waals surface area contributed by atoms with Crippen molar-refractivity contribution >= 4 is 12.6 Å². The Morgan fingerprint density at radius 1 is 1.15 bits per heavy atom. The average Bonchev–Trinajstić information content (AvgIpc) is 2.69. The molecule has 1 saturated heterocycles. The predicted octanol–water partition coefficient (Wildman–Crippen LogP) is 1.82. The van der Waals surface area contributed by atoms with Gasteiger partial charge in [-0.25, -0.2) is 0 Å². The molecule has 70 valence electrons. The fourth-order valence-electron chi connectivity index (χ4n) is 1.50. The third-order valence-electron chi connectivity index (χ3n) is 2.18. The van der Waals surface area contributed by atoms with Gasteiger partial charge in [-0.15, -0.1) is 0 Å². The SMILES string of the molecule is SCC1(c2ccccc2)OCCO1. The molecule has 0 aromatic heterocycles. The summed E-state index contributed by atoms with van der Waals surface area (Å²) >= 11 is 4.26. The molecule has 2 rings (SSSR count). The highest BCUT2D eigenvalue weighted by atomic mass is 32.1. The Hall–Kier alpha value is -0.510. The molecule has 13 heavy (non-hydrogen) atoms. The molecule has 1 aromatic carbocycles. The van der Waals surface area contributed by atoms with E-state index in [1.54, 1.807) is 0 Å². The van der Waals surface area contributed by atoms with E-state index in [-0.39, 0.29) is 0 Å². The van der Waals surface area contributed by atoms with Gasteiger partial charge in [0, 0.05) is 11.3 Å². The zero-order valence-corrected chi connectivity index (χ0v) is 8.17. The van der Waals surface area contributed by atoms with E-state index >= 15 is 0 Å². The summed E-state index contributed by atoms with van der Waals surface area (Å²) in [7, 11) is 0. The molecular weight excluding hydrogens is 184 g/mol. The van der Waals surface area contributed by atoms with Gasteiger partial charge in [0.25, 0.3) is 0 Å². The Morgan fingerprint density at radius 2 is 1.77 bits per heavy atom. The minimum atomic E-state index is -0.607. The molecule has 0 atom stereocenters. The summed E-state index contributed by atoms with van der Waals surface area (Å²) < 4.78 is 11.2. The van der Waals surface area contributed by atoms with Gasteiger partial charge in [0.05, 0.1) is 13.2 Å². The van der Waals surface area contributed by atoms with Crippen molar-refractivity contribution in [3.63, 3.8) is 0 Å². The van der Waals surface area contributed by atoms with E-state index in [4.69, 9.17) is 9.47 Å². The lowest BCUT2D eigenvalue weighted by Crippen LogP contribution is -2.29. The molecule has 0 N–H and O–H groups in total. The van der Waals surface area contributed by atoms with Crippen molar-refractivity contribution in [3.05, 3.63) is 35.9 Å². The highest BCUT2D eigenvalue weighted by molar-refractivity contribution is 7.80. The molecule has 2 nitrogen and oxygen atoms in total. The van der Waals surface area contributed by atoms with Gasteiger partial charge in [-0.1, -0.05) is 30.3 Å². The van der Waals surface area contributed by atoms with E-state index in [0.29, 0.717) is 19.0 Å². The highest BCUT2D eigenvalue weighted by Crippen LogP contribution is 2.32. The summed E-state index contributed by atoms with van der Waals surface area (Å²) in [6.45, 7) is 1.30. The number of benzene rings is 1. The summed E-state index contributed by atoms with van der Waals surface area (Å²) in [4.78, 5) is 0.